The van der Waals surface area contributed by atoms with Crippen LogP contribution in [-0.2, 0) is 6.18 Å². The van der Waals surface area contributed by atoms with Gasteiger partial charge >= 0.3 is 6.18 Å². The van der Waals surface area contributed by atoms with Gasteiger partial charge in [0.2, 0.25) is 0 Å². The van der Waals surface area contributed by atoms with Crippen LogP contribution in [0.2, 0.25) is 5.02 Å². The summed E-state index contributed by atoms with van der Waals surface area (Å²) < 4.78 is 37.5. The zero-order valence-corrected chi connectivity index (χ0v) is 10.4. The third kappa shape index (κ3) is 2.98. The lowest BCUT2D eigenvalue weighted by Gasteiger charge is -2.11. The maximum Gasteiger partial charge on any atom is 0.417 e. The van der Waals surface area contributed by atoms with Gasteiger partial charge in [0.05, 0.1) is 15.4 Å². The Hall–Kier alpha value is -0.550. The van der Waals surface area contributed by atoms with Crippen molar-refractivity contribution in [3.05, 3.63) is 34.3 Å². The smallest absolute Gasteiger partial charge is 0.293 e. The summed E-state index contributed by atoms with van der Waals surface area (Å²) in [5, 5.41) is -0.411. The van der Waals surface area contributed by atoms with Gasteiger partial charge in [0.1, 0.15) is 0 Å². The molecule has 0 bridgehead atoms. The first kappa shape index (κ1) is 13.5. The second kappa shape index (κ2) is 4.75. The van der Waals surface area contributed by atoms with Crippen molar-refractivity contribution in [2.24, 2.45) is 0 Å². The van der Waals surface area contributed by atoms with E-state index < -0.39 is 27.4 Å². The number of Topliss-reactive ketones (excluding diaryl/α,β-unsaturated/α-hetero) is 1. The van der Waals surface area contributed by atoms with Crippen molar-refractivity contribution < 1.29 is 18.0 Å². The van der Waals surface area contributed by atoms with E-state index in [1.807, 2.05) is 0 Å². The number of halogens is 5. The molecular formula is C10H7BrClF3O. The van der Waals surface area contributed by atoms with E-state index in [0.717, 1.165) is 12.1 Å². The van der Waals surface area contributed by atoms with Gasteiger partial charge in [0.25, 0.3) is 0 Å². The average Bonchev–Trinajstić information content (AvgIpc) is 2.15. The minimum atomic E-state index is -4.55. The van der Waals surface area contributed by atoms with E-state index in [1.165, 1.54) is 6.07 Å². The molecule has 1 aromatic carbocycles. The molecule has 0 fully saturated rings. The van der Waals surface area contributed by atoms with Crippen LogP contribution in [0.3, 0.4) is 0 Å². The zero-order chi connectivity index (χ0) is 12.5. The van der Waals surface area contributed by atoms with Crippen LogP contribution in [0.25, 0.3) is 0 Å². The number of rotatable bonds is 2. The molecule has 6 heteroatoms. The van der Waals surface area contributed by atoms with Crippen molar-refractivity contribution in [1.29, 1.82) is 0 Å². The highest BCUT2D eigenvalue weighted by atomic mass is 79.9. The summed E-state index contributed by atoms with van der Waals surface area (Å²) in [7, 11) is 0. The summed E-state index contributed by atoms with van der Waals surface area (Å²) in [6.07, 6.45) is -4.55. The molecule has 1 unspecified atom stereocenters. The second-order valence-electron chi connectivity index (χ2n) is 3.17. The summed E-state index contributed by atoms with van der Waals surface area (Å²) in [4.78, 5) is 10.9. The fourth-order valence-corrected chi connectivity index (χ4v) is 1.61. The Morgan fingerprint density at radius 3 is 2.44 bits per heavy atom. The maximum atomic E-state index is 12.5. The first-order valence-corrected chi connectivity index (χ1v) is 5.58. The van der Waals surface area contributed by atoms with Gasteiger partial charge in [-0.1, -0.05) is 27.5 Å². The fraction of sp³-hybridized carbons (Fsp3) is 0.300. The predicted octanol–water partition coefficient (Wildman–Crippen LogP) is 4.32. The van der Waals surface area contributed by atoms with Gasteiger partial charge in [-0.25, -0.2) is 0 Å². The minimum Gasteiger partial charge on any atom is -0.293 e. The Balaban J connectivity index is 3.23. The molecular weight excluding hydrogens is 308 g/mol. The van der Waals surface area contributed by atoms with E-state index in [2.05, 4.69) is 15.9 Å². The van der Waals surface area contributed by atoms with Crippen LogP contribution in [-0.4, -0.2) is 10.6 Å². The normalized spacial score (nSPS) is 13.6. The lowest BCUT2D eigenvalue weighted by Crippen LogP contribution is -2.13. The Bertz CT molecular complexity index is 415. The molecule has 1 nitrogen and oxygen atoms in total. The number of benzene rings is 1. The van der Waals surface area contributed by atoms with Crippen LogP contribution < -0.4 is 0 Å². The first-order valence-electron chi connectivity index (χ1n) is 4.28. The summed E-state index contributed by atoms with van der Waals surface area (Å²) >= 11 is 8.43. The number of hydrogen-bond donors (Lipinski definition) is 0. The monoisotopic (exact) mass is 314 g/mol. The highest BCUT2D eigenvalue weighted by Gasteiger charge is 2.34. The van der Waals surface area contributed by atoms with Crippen molar-refractivity contribution in [2.45, 2.75) is 17.9 Å². The molecule has 0 aliphatic heterocycles. The van der Waals surface area contributed by atoms with Crippen LogP contribution >= 0.6 is 27.5 Å². The quantitative estimate of drug-likeness (QED) is 0.586. The molecule has 0 saturated heterocycles. The second-order valence-corrected chi connectivity index (χ2v) is 4.95. The van der Waals surface area contributed by atoms with E-state index in [4.69, 9.17) is 11.6 Å². The van der Waals surface area contributed by atoms with E-state index in [0.29, 0.717) is 0 Å². The molecule has 88 valence electrons. The van der Waals surface area contributed by atoms with Crippen molar-refractivity contribution >= 4 is 33.3 Å². The molecule has 0 N–H and O–H groups in total. The predicted molar refractivity (Wildman–Crippen MR) is 59.2 cm³/mol. The van der Waals surface area contributed by atoms with Crippen molar-refractivity contribution in [3.8, 4) is 0 Å². The van der Waals surface area contributed by atoms with Gasteiger partial charge in [-0.15, -0.1) is 0 Å². The number of hydrogen-bond acceptors (Lipinski definition) is 1. The summed E-state index contributed by atoms with van der Waals surface area (Å²) in [5.74, 6) is -0.415. The molecule has 0 radical (unpaired) electrons. The summed E-state index contributed by atoms with van der Waals surface area (Å²) in [6.45, 7) is 1.55. The lowest BCUT2D eigenvalue weighted by atomic mass is 10.1. The Morgan fingerprint density at radius 1 is 1.44 bits per heavy atom. The Kier molecular flexibility index (Phi) is 4.02. The van der Waals surface area contributed by atoms with Crippen molar-refractivity contribution in [3.63, 3.8) is 0 Å². The molecule has 0 aliphatic carbocycles. The number of carbonyl (C=O) groups is 1. The van der Waals surface area contributed by atoms with Crippen LogP contribution in [0, 0.1) is 0 Å². The summed E-state index contributed by atoms with van der Waals surface area (Å²) in [6, 6.07) is 3.12. The van der Waals surface area contributed by atoms with Crippen molar-refractivity contribution in [1.82, 2.24) is 0 Å². The van der Waals surface area contributed by atoms with E-state index in [9.17, 15) is 18.0 Å². The fourth-order valence-electron chi connectivity index (χ4n) is 1.13. The van der Waals surface area contributed by atoms with Crippen LogP contribution in [0.1, 0.15) is 22.8 Å². The Morgan fingerprint density at radius 2 is 2.00 bits per heavy atom. The Labute approximate surface area is 104 Å². The highest BCUT2D eigenvalue weighted by Crippen LogP contribution is 2.35. The van der Waals surface area contributed by atoms with E-state index in [1.54, 1.807) is 6.92 Å². The van der Waals surface area contributed by atoms with Gasteiger partial charge in [-0.2, -0.15) is 13.2 Å². The molecule has 0 aliphatic rings. The standard InChI is InChI=1S/C10H7BrClF3O/c1-5(11)9(16)6-2-3-8(12)7(4-6)10(13,14)15/h2-5H,1H3. The molecule has 0 aromatic heterocycles. The van der Waals surface area contributed by atoms with Gasteiger partial charge in [-0.05, 0) is 25.1 Å². The van der Waals surface area contributed by atoms with Crippen molar-refractivity contribution in [2.75, 3.05) is 0 Å². The largest absolute Gasteiger partial charge is 0.417 e. The first-order chi connectivity index (χ1) is 7.23. The summed E-state index contributed by atoms with van der Waals surface area (Å²) in [5.41, 5.74) is -1.01. The van der Waals surface area contributed by atoms with Gasteiger partial charge in [0.15, 0.2) is 5.78 Å². The third-order valence-electron chi connectivity index (χ3n) is 1.92. The minimum absolute atomic E-state index is 0.0129. The topological polar surface area (TPSA) is 17.1 Å². The average molecular weight is 316 g/mol. The molecule has 16 heavy (non-hydrogen) atoms. The number of carbonyl (C=O) groups excluding carboxylic acids is 1. The molecule has 1 rings (SSSR count). The maximum absolute atomic E-state index is 12.5. The van der Waals surface area contributed by atoms with E-state index >= 15 is 0 Å². The molecule has 1 atom stereocenters. The lowest BCUT2D eigenvalue weighted by molar-refractivity contribution is -0.137. The van der Waals surface area contributed by atoms with Gasteiger partial charge in [0, 0.05) is 5.56 Å². The molecule has 0 spiro atoms. The highest BCUT2D eigenvalue weighted by molar-refractivity contribution is 9.10. The van der Waals surface area contributed by atoms with Crippen LogP contribution in [0.4, 0.5) is 13.2 Å². The SMILES string of the molecule is CC(Br)C(=O)c1ccc(Cl)c(C(F)(F)F)c1. The molecule has 1 aromatic rings. The molecule has 0 saturated carbocycles. The van der Waals surface area contributed by atoms with Crippen LogP contribution in [0.15, 0.2) is 18.2 Å². The number of ketones is 1. The number of alkyl halides is 4. The van der Waals surface area contributed by atoms with E-state index in [-0.39, 0.29) is 5.56 Å². The van der Waals surface area contributed by atoms with Gasteiger partial charge in [-0.3, -0.25) is 4.79 Å². The van der Waals surface area contributed by atoms with Crippen LogP contribution in [0.5, 0.6) is 0 Å². The molecule has 0 amide bonds. The zero-order valence-electron chi connectivity index (χ0n) is 8.11. The third-order valence-corrected chi connectivity index (χ3v) is 2.66. The van der Waals surface area contributed by atoms with Gasteiger partial charge < -0.3 is 0 Å². The molecule has 0 heterocycles.